The topological polar surface area (TPSA) is 60.5 Å². The molecular formula is C24H30N2O5. The van der Waals surface area contributed by atoms with Crippen LogP contribution >= 0.6 is 0 Å². The van der Waals surface area contributed by atoms with E-state index in [-0.39, 0.29) is 5.91 Å². The third kappa shape index (κ3) is 5.41. The molecule has 0 N–H and O–H groups in total. The van der Waals surface area contributed by atoms with Gasteiger partial charge in [-0.15, -0.1) is 0 Å². The van der Waals surface area contributed by atoms with E-state index in [4.69, 9.17) is 18.9 Å². The zero-order chi connectivity index (χ0) is 21.6. The number of hydrogen-bond donors (Lipinski definition) is 0. The second-order valence-electron chi connectivity index (χ2n) is 7.86. The minimum Gasteiger partial charge on any atom is -0.497 e. The van der Waals surface area contributed by atoms with Crippen LogP contribution in [0.15, 0.2) is 36.4 Å². The number of piperazine rings is 1. The largest absolute Gasteiger partial charge is 0.497 e. The highest BCUT2D eigenvalue weighted by molar-refractivity contribution is 5.76. The number of benzene rings is 2. The van der Waals surface area contributed by atoms with Crippen molar-refractivity contribution in [2.45, 2.75) is 19.4 Å². The number of hydrogen-bond acceptors (Lipinski definition) is 6. The molecule has 0 aromatic heterocycles. The number of carbonyl (C=O) groups is 1. The third-order valence-corrected chi connectivity index (χ3v) is 5.78. The van der Waals surface area contributed by atoms with E-state index < -0.39 is 0 Å². The Morgan fingerprint density at radius 3 is 2.23 bits per heavy atom. The summed E-state index contributed by atoms with van der Waals surface area (Å²) < 4.78 is 21.9. The highest BCUT2D eigenvalue weighted by Crippen LogP contribution is 2.31. The van der Waals surface area contributed by atoms with E-state index in [1.165, 1.54) is 5.56 Å². The molecule has 7 heteroatoms. The lowest BCUT2D eigenvalue weighted by molar-refractivity contribution is -0.133. The Kier molecular flexibility index (Phi) is 6.82. The van der Waals surface area contributed by atoms with E-state index in [1.807, 2.05) is 29.2 Å². The zero-order valence-corrected chi connectivity index (χ0v) is 18.3. The van der Waals surface area contributed by atoms with E-state index in [2.05, 4.69) is 17.0 Å². The number of aryl methyl sites for hydroxylation is 1. The molecule has 0 unspecified atom stereocenters. The number of rotatable bonds is 7. The molecule has 2 aliphatic rings. The molecule has 0 aliphatic carbocycles. The first-order valence-corrected chi connectivity index (χ1v) is 10.7. The quantitative estimate of drug-likeness (QED) is 0.679. The summed E-state index contributed by atoms with van der Waals surface area (Å²) in [5.74, 6) is 3.33. The monoisotopic (exact) mass is 426 g/mol. The van der Waals surface area contributed by atoms with Crippen LogP contribution in [0.3, 0.4) is 0 Å². The predicted octanol–water partition coefficient (Wildman–Crippen LogP) is 2.75. The van der Waals surface area contributed by atoms with Crippen molar-refractivity contribution in [2.75, 3.05) is 53.6 Å². The summed E-state index contributed by atoms with van der Waals surface area (Å²) in [6.07, 6.45) is 1.16. The first-order valence-electron chi connectivity index (χ1n) is 10.7. The van der Waals surface area contributed by atoms with Crippen molar-refractivity contribution in [2.24, 2.45) is 0 Å². The van der Waals surface area contributed by atoms with Crippen molar-refractivity contribution in [1.82, 2.24) is 9.80 Å². The fourth-order valence-corrected chi connectivity index (χ4v) is 4.02. The van der Waals surface area contributed by atoms with Crippen LogP contribution in [0, 0.1) is 0 Å². The predicted molar refractivity (Wildman–Crippen MR) is 117 cm³/mol. The molecule has 0 radical (unpaired) electrons. The fraction of sp³-hybridized carbons (Fsp3) is 0.458. The van der Waals surface area contributed by atoms with Gasteiger partial charge in [-0.1, -0.05) is 6.07 Å². The Morgan fingerprint density at radius 1 is 0.871 bits per heavy atom. The van der Waals surface area contributed by atoms with Gasteiger partial charge in [0.05, 0.1) is 14.2 Å². The first-order chi connectivity index (χ1) is 15.1. The van der Waals surface area contributed by atoms with Gasteiger partial charge < -0.3 is 23.8 Å². The van der Waals surface area contributed by atoms with E-state index in [1.54, 1.807) is 14.2 Å². The number of methoxy groups -OCH3 is 2. The molecule has 0 saturated carbocycles. The molecule has 7 nitrogen and oxygen atoms in total. The van der Waals surface area contributed by atoms with Crippen molar-refractivity contribution in [3.8, 4) is 23.0 Å². The highest BCUT2D eigenvalue weighted by Gasteiger charge is 2.22. The van der Waals surface area contributed by atoms with Gasteiger partial charge in [0, 0.05) is 45.2 Å². The number of amides is 1. The average molecular weight is 427 g/mol. The van der Waals surface area contributed by atoms with Gasteiger partial charge in [-0.2, -0.15) is 0 Å². The lowest BCUT2D eigenvalue weighted by Crippen LogP contribution is -2.48. The van der Waals surface area contributed by atoms with Gasteiger partial charge >= 0.3 is 0 Å². The SMILES string of the molecule is COc1cc(CCC(=O)N2CCN(Cc3ccc4c(c3)OCCO4)CC2)cc(OC)c1. The standard InChI is InChI=1S/C24H30N2O5/c1-28-20-13-18(14-21(16-20)29-2)4-6-24(27)26-9-7-25(8-10-26)17-19-3-5-22-23(15-19)31-12-11-30-22/h3,5,13-16H,4,6-12,17H2,1-2H3. The van der Waals surface area contributed by atoms with Crippen LogP contribution < -0.4 is 18.9 Å². The van der Waals surface area contributed by atoms with Crippen LogP contribution in [-0.2, 0) is 17.8 Å². The molecular weight excluding hydrogens is 396 g/mol. The summed E-state index contributed by atoms with van der Waals surface area (Å²) >= 11 is 0. The van der Waals surface area contributed by atoms with Gasteiger partial charge in [-0.05, 0) is 41.8 Å². The normalized spacial score (nSPS) is 16.1. The van der Waals surface area contributed by atoms with Gasteiger partial charge in [-0.3, -0.25) is 9.69 Å². The fourth-order valence-electron chi connectivity index (χ4n) is 4.02. The molecule has 4 rings (SSSR count). The third-order valence-electron chi connectivity index (χ3n) is 5.78. The second-order valence-corrected chi connectivity index (χ2v) is 7.86. The molecule has 0 atom stereocenters. The van der Waals surface area contributed by atoms with Crippen LogP contribution in [0.25, 0.3) is 0 Å². The molecule has 2 heterocycles. The Balaban J connectivity index is 1.25. The Bertz CT molecular complexity index is 887. The molecule has 166 valence electrons. The van der Waals surface area contributed by atoms with Crippen molar-refractivity contribution >= 4 is 5.91 Å². The van der Waals surface area contributed by atoms with Crippen LogP contribution in [0.4, 0.5) is 0 Å². The molecule has 0 spiro atoms. The summed E-state index contributed by atoms with van der Waals surface area (Å²) in [4.78, 5) is 17.1. The second kappa shape index (κ2) is 9.92. The molecule has 2 aliphatic heterocycles. The average Bonchev–Trinajstić information content (AvgIpc) is 2.82. The van der Waals surface area contributed by atoms with Gasteiger partial charge in [0.1, 0.15) is 24.7 Å². The highest BCUT2D eigenvalue weighted by atomic mass is 16.6. The smallest absolute Gasteiger partial charge is 0.222 e. The molecule has 2 aromatic carbocycles. The Morgan fingerprint density at radius 2 is 1.55 bits per heavy atom. The molecule has 1 saturated heterocycles. The Hall–Kier alpha value is -2.93. The van der Waals surface area contributed by atoms with Crippen molar-refractivity contribution in [3.05, 3.63) is 47.5 Å². The summed E-state index contributed by atoms with van der Waals surface area (Å²) in [5, 5.41) is 0. The van der Waals surface area contributed by atoms with E-state index in [9.17, 15) is 4.79 Å². The van der Waals surface area contributed by atoms with Crippen LogP contribution in [0.1, 0.15) is 17.5 Å². The minimum absolute atomic E-state index is 0.195. The summed E-state index contributed by atoms with van der Waals surface area (Å²) in [5.41, 5.74) is 2.25. The van der Waals surface area contributed by atoms with Gasteiger partial charge in [-0.25, -0.2) is 0 Å². The Labute approximate surface area is 183 Å². The number of nitrogens with zero attached hydrogens (tertiary/aromatic N) is 2. The lowest BCUT2D eigenvalue weighted by atomic mass is 10.1. The minimum atomic E-state index is 0.195. The van der Waals surface area contributed by atoms with Crippen molar-refractivity contribution in [3.63, 3.8) is 0 Å². The summed E-state index contributed by atoms with van der Waals surface area (Å²) in [6.45, 7) is 5.30. The van der Waals surface area contributed by atoms with Crippen LogP contribution in [-0.4, -0.2) is 69.3 Å². The maximum Gasteiger partial charge on any atom is 0.222 e. The van der Waals surface area contributed by atoms with Crippen molar-refractivity contribution < 1.29 is 23.7 Å². The zero-order valence-electron chi connectivity index (χ0n) is 18.3. The maximum absolute atomic E-state index is 12.7. The van der Waals surface area contributed by atoms with Gasteiger partial charge in [0.2, 0.25) is 5.91 Å². The van der Waals surface area contributed by atoms with Crippen LogP contribution in [0.2, 0.25) is 0 Å². The van der Waals surface area contributed by atoms with Gasteiger partial charge in [0.25, 0.3) is 0 Å². The molecule has 1 fully saturated rings. The van der Waals surface area contributed by atoms with E-state index in [0.717, 1.165) is 61.3 Å². The maximum atomic E-state index is 12.7. The number of fused-ring (bicyclic) bond motifs is 1. The van der Waals surface area contributed by atoms with Crippen LogP contribution in [0.5, 0.6) is 23.0 Å². The molecule has 1 amide bonds. The molecule has 0 bridgehead atoms. The molecule has 31 heavy (non-hydrogen) atoms. The molecule has 2 aromatic rings. The number of carbonyl (C=O) groups excluding carboxylic acids is 1. The lowest BCUT2D eigenvalue weighted by Gasteiger charge is -2.35. The van der Waals surface area contributed by atoms with Gasteiger partial charge in [0.15, 0.2) is 11.5 Å². The van der Waals surface area contributed by atoms with Crippen molar-refractivity contribution in [1.29, 1.82) is 0 Å². The summed E-state index contributed by atoms with van der Waals surface area (Å²) in [7, 11) is 3.27. The first kappa shape index (κ1) is 21.3. The van der Waals surface area contributed by atoms with E-state index >= 15 is 0 Å². The summed E-state index contributed by atoms with van der Waals surface area (Å²) in [6, 6.07) is 11.9. The number of ether oxygens (including phenoxy) is 4. The van der Waals surface area contributed by atoms with E-state index in [0.29, 0.717) is 26.1 Å².